The molecule has 2 aromatic rings. The molecule has 0 bridgehead atoms. The summed E-state index contributed by atoms with van der Waals surface area (Å²) in [6.07, 6.45) is 0.148. The number of hydrogen-bond donors (Lipinski definition) is 1. The van der Waals surface area contributed by atoms with E-state index in [2.05, 4.69) is 10.3 Å². The molecule has 1 N–H and O–H groups in total. The van der Waals surface area contributed by atoms with Crippen LogP contribution in [0, 0.1) is 0 Å². The Balaban J connectivity index is 2.45. The predicted molar refractivity (Wildman–Crippen MR) is 93.9 cm³/mol. The highest BCUT2D eigenvalue weighted by Crippen LogP contribution is 2.15. The Labute approximate surface area is 141 Å². The van der Waals surface area contributed by atoms with Gasteiger partial charge < -0.3 is 10.1 Å². The van der Waals surface area contributed by atoms with Gasteiger partial charge in [-0.3, -0.25) is 14.2 Å². The van der Waals surface area contributed by atoms with Crippen LogP contribution in [0.15, 0.2) is 29.1 Å². The van der Waals surface area contributed by atoms with Crippen molar-refractivity contribution in [2.24, 2.45) is 0 Å². The van der Waals surface area contributed by atoms with Crippen LogP contribution in [0.1, 0.15) is 46.0 Å². The van der Waals surface area contributed by atoms with Gasteiger partial charge >= 0.3 is 5.97 Å². The number of rotatable bonds is 7. The minimum Gasteiger partial charge on any atom is -0.466 e. The fraction of sp³-hybridized carbons (Fsp3) is 0.500. The number of ether oxygens (including phenoxy) is 1. The summed E-state index contributed by atoms with van der Waals surface area (Å²) in [6.45, 7) is 8.41. The molecule has 6 heteroatoms. The van der Waals surface area contributed by atoms with Crippen molar-refractivity contribution in [1.82, 2.24) is 14.9 Å². The molecule has 0 aliphatic heterocycles. The summed E-state index contributed by atoms with van der Waals surface area (Å²) in [6, 6.07) is 7.42. The van der Waals surface area contributed by atoms with Gasteiger partial charge in [-0.05, 0) is 26.0 Å². The van der Waals surface area contributed by atoms with Crippen molar-refractivity contribution in [2.45, 2.75) is 52.7 Å². The molecule has 1 heterocycles. The number of benzene rings is 1. The molecule has 0 aliphatic carbocycles. The fourth-order valence-electron chi connectivity index (χ4n) is 2.74. The maximum Gasteiger partial charge on any atom is 0.307 e. The van der Waals surface area contributed by atoms with Gasteiger partial charge in [0.1, 0.15) is 5.82 Å². The second-order valence-electron chi connectivity index (χ2n) is 6.04. The van der Waals surface area contributed by atoms with Crippen LogP contribution < -0.4 is 10.9 Å². The lowest BCUT2D eigenvalue weighted by molar-refractivity contribution is -0.143. The number of fused-ring (bicyclic) bond motifs is 1. The zero-order valence-electron chi connectivity index (χ0n) is 14.7. The number of para-hydroxylation sites is 1. The van der Waals surface area contributed by atoms with Crippen molar-refractivity contribution in [2.75, 3.05) is 6.61 Å². The minimum atomic E-state index is -0.312. The smallest absolute Gasteiger partial charge is 0.307 e. The van der Waals surface area contributed by atoms with Crippen LogP contribution in [-0.4, -0.2) is 28.2 Å². The maximum atomic E-state index is 12.9. The van der Waals surface area contributed by atoms with E-state index in [9.17, 15) is 9.59 Å². The monoisotopic (exact) mass is 331 g/mol. The molecule has 0 saturated heterocycles. The van der Waals surface area contributed by atoms with Gasteiger partial charge in [0.25, 0.3) is 5.56 Å². The Kier molecular flexibility index (Phi) is 6.09. The van der Waals surface area contributed by atoms with Crippen LogP contribution in [-0.2, 0) is 16.1 Å². The lowest BCUT2D eigenvalue weighted by Gasteiger charge is -2.21. The van der Waals surface area contributed by atoms with E-state index in [1.54, 1.807) is 17.6 Å². The Morgan fingerprint density at radius 3 is 2.67 bits per heavy atom. The summed E-state index contributed by atoms with van der Waals surface area (Å²) < 4.78 is 6.55. The van der Waals surface area contributed by atoms with Crippen LogP contribution in [0.3, 0.4) is 0 Å². The highest BCUT2D eigenvalue weighted by molar-refractivity contribution is 5.77. The number of nitrogens with one attached hydrogen (secondary N) is 1. The minimum absolute atomic E-state index is 0.107. The van der Waals surface area contributed by atoms with Crippen LogP contribution in [0.4, 0.5) is 0 Å². The molecule has 0 amide bonds. The molecule has 2 rings (SSSR count). The van der Waals surface area contributed by atoms with Crippen LogP contribution in [0.5, 0.6) is 0 Å². The SMILES string of the molecule is CCOC(=O)CCn1c(C(C)NC(C)C)nc2ccccc2c1=O. The molecule has 6 nitrogen and oxygen atoms in total. The van der Waals surface area contributed by atoms with E-state index in [4.69, 9.17) is 4.74 Å². The summed E-state index contributed by atoms with van der Waals surface area (Å²) in [4.78, 5) is 29.2. The number of aromatic nitrogens is 2. The summed E-state index contributed by atoms with van der Waals surface area (Å²) >= 11 is 0. The van der Waals surface area contributed by atoms with E-state index in [0.29, 0.717) is 23.3 Å². The van der Waals surface area contributed by atoms with Gasteiger partial charge in [0.2, 0.25) is 0 Å². The molecule has 0 fully saturated rings. The molecule has 0 saturated carbocycles. The first-order valence-electron chi connectivity index (χ1n) is 8.35. The zero-order valence-corrected chi connectivity index (χ0v) is 14.7. The zero-order chi connectivity index (χ0) is 17.7. The quantitative estimate of drug-likeness (QED) is 0.789. The summed E-state index contributed by atoms with van der Waals surface area (Å²) in [5.41, 5.74) is 0.541. The van der Waals surface area contributed by atoms with Gasteiger partial charge in [0.05, 0.1) is 30.0 Å². The lowest BCUT2D eigenvalue weighted by Crippen LogP contribution is -2.34. The summed E-state index contributed by atoms with van der Waals surface area (Å²) in [5.74, 6) is 0.324. The van der Waals surface area contributed by atoms with Crippen LogP contribution in [0.25, 0.3) is 10.9 Å². The molecule has 0 radical (unpaired) electrons. The second kappa shape index (κ2) is 8.06. The molecule has 24 heavy (non-hydrogen) atoms. The number of carbonyl (C=O) groups is 1. The highest BCUT2D eigenvalue weighted by atomic mass is 16.5. The number of esters is 1. The summed E-state index contributed by atoms with van der Waals surface area (Å²) in [5, 5.41) is 3.92. The largest absolute Gasteiger partial charge is 0.466 e. The van der Waals surface area contributed by atoms with E-state index in [-0.39, 0.29) is 36.6 Å². The first-order chi connectivity index (χ1) is 11.4. The van der Waals surface area contributed by atoms with Gasteiger partial charge in [0.15, 0.2) is 0 Å². The number of hydrogen-bond acceptors (Lipinski definition) is 5. The molecule has 1 unspecified atom stereocenters. The third-order valence-electron chi connectivity index (χ3n) is 3.71. The van der Waals surface area contributed by atoms with Crippen LogP contribution in [0.2, 0.25) is 0 Å². The average Bonchev–Trinajstić information content (AvgIpc) is 2.53. The van der Waals surface area contributed by atoms with Gasteiger partial charge in [-0.2, -0.15) is 0 Å². The normalized spacial score (nSPS) is 12.5. The molecule has 1 aromatic carbocycles. The van der Waals surface area contributed by atoms with Crippen molar-refractivity contribution in [3.05, 3.63) is 40.4 Å². The Morgan fingerprint density at radius 1 is 1.29 bits per heavy atom. The van der Waals surface area contributed by atoms with E-state index in [0.717, 1.165) is 0 Å². The molecule has 130 valence electrons. The average molecular weight is 331 g/mol. The molecular formula is C18H25N3O3. The third kappa shape index (κ3) is 4.20. The molecule has 0 aliphatic rings. The van der Waals surface area contributed by atoms with Gasteiger partial charge in [-0.1, -0.05) is 26.0 Å². The molecule has 0 spiro atoms. The lowest BCUT2D eigenvalue weighted by atomic mass is 10.2. The van der Waals surface area contributed by atoms with Gasteiger partial charge in [-0.15, -0.1) is 0 Å². The first kappa shape index (κ1) is 18.1. The standard InChI is InChI=1S/C18H25N3O3/c1-5-24-16(22)10-11-21-17(13(4)19-12(2)3)20-15-9-7-6-8-14(15)18(21)23/h6-9,12-13,19H,5,10-11H2,1-4H3. The number of carbonyl (C=O) groups excluding carboxylic acids is 1. The van der Waals surface area contributed by atoms with Crippen molar-refractivity contribution < 1.29 is 9.53 Å². The maximum absolute atomic E-state index is 12.9. The van der Waals surface area contributed by atoms with Gasteiger partial charge in [0, 0.05) is 12.6 Å². The van der Waals surface area contributed by atoms with Crippen molar-refractivity contribution in [1.29, 1.82) is 0 Å². The van der Waals surface area contributed by atoms with E-state index < -0.39 is 0 Å². The fourth-order valence-corrected chi connectivity index (χ4v) is 2.74. The topological polar surface area (TPSA) is 73.2 Å². The van der Waals surface area contributed by atoms with Crippen molar-refractivity contribution >= 4 is 16.9 Å². The highest BCUT2D eigenvalue weighted by Gasteiger charge is 2.18. The van der Waals surface area contributed by atoms with E-state index in [1.165, 1.54) is 0 Å². The number of nitrogens with zero attached hydrogens (tertiary/aromatic N) is 2. The van der Waals surface area contributed by atoms with E-state index >= 15 is 0 Å². The Bertz CT molecular complexity index is 768. The van der Waals surface area contributed by atoms with Gasteiger partial charge in [-0.25, -0.2) is 4.98 Å². The molecule has 1 aromatic heterocycles. The second-order valence-corrected chi connectivity index (χ2v) is 6.04. The van der Waals surface area contributed by atoms with Crippen molar-refractivity contribution in [3.8, 4) is 0 Å². The van der Waals surface area contributed by atoms with Crippen molar-refractivity contribution in [3.63, 3.8) is 0 Å². The van der Waals surface area contributed by atoms with Crippen LogP contribution >= 0.6 is 0 Å². The molecular weight excluding hydrogens is 306 g/mol. The van der Waals surface area contributed by atoms with E-state index in [1.807, 2.05) is 39.0 Å². The Morgan fingerprint density at radius 2 is 2.00 bits per heavy atom. The summed E-state index contributed by atoms with van der Waals surface area (Å²) in [7, 11) is 0. The predicted octanol–water partition coefficient (Wildman–Crippen LogP) is 2.41. The Hall–Kier alpha value is -2.21. The first-order valence-corrected chi connectivity index (χ1v) is 8.35. The third-order valence-corrected chi connectivity index (χ3v) is 3.71. The molecule has 1 atom stereocenters.